The molecule has 9 heteroatoms. The molecule has 228 valence electrons. The van der Waals surface area contributed by atoms with E-state index in [0.717, 1.165) is 46.5 Å². The van der Waals surface area contributed by atoms with Gasteiger partial charge in [0.15, 0.2) is 6.29 Å². The number of nitrogens with one attached hydrogen (secondary N) is 2. The lowest BCUT2D eigenvalue weighted by Crippen LogP contribution is -2.37. The van der Waals surface area contributed by atoms with Crippen LogP contribution in [0.2, 0.25) is 0 Å². The molecule has 3 aromatic rings. The minimum atomic E-state index is -0.561. The average molecular weight is 588 g/mol. The Balaban J connectivity index is 1.47. The van der Waals surface area contributed by atoms with Crippen LogP contribution in [0.3, 0.4) is 0 Å². The van der Waals surface area contributed by atoms with Crippen molar-refractivity contribution in [1.29, 1.82) is 0 Å². The number of amides is 2. The van der Waals surface area contributed by atoms with Crippen LogP contribution in [0.25, 0.3) is 11.1 Å². The molecule has 1 aliphatic rings. The molecular formula is C34H41N3O6. The van der Waals surface area contributed by atoms with E-state index in [2.05, 4.69) is 22.9 Å². The fourth-order valence-corrected chi connectivity index (χ4v) is 5.16. The number of carbonyl (C=O) groups is 2. The van der Waals surface area contributed by atoms with Crippen LogP contribution in [-0.2, 0) is 32.2 Å². The fourth-order valence-electron chi connectivity index (χ4n) is 5.16. The number of rotatable bonds is 14. The molecule has 1 fully saturated rings. The topological polar surface area (TPSA) is 120 Å². The summed E-state index contributed by atoms with van der Waals surface area (Å²) in [5.74, 6) is -0.659. The van der Waals surface area contributed by atoms with Crippen LogP contribution in [0.5, 0.6) is 0 Å². The molecule has 0 unspecified atom stereocenters. The Morgan fingerprint density at radius 2 is 1.67 bits per heavy atom. The highest BCUT2D eigenvalue weighted by Gasteiger charge is 2.32. The Morgan fingerprint density at radius 3 is 2.40 bits per heavy atom. The van der Waals surface area contributed by atoms with Crippen molar-refractivity contribution in [2.45, 2.75) is 57.3 Å². The van der Waals surface area contributed by atoms with E-state index in [0.29, 0.717) is 19.4 Å². The molecule has 1 saturated heterocycles. The van der Waals surface area contributed by atoms with E-state index >= 15 is 0 Å². The van der Waals surface area contributed by atoms with Crippen molar-refractivity contribution < 1.29 is 29.4 Å². The van der Waals surface area contributed by atoms with Gasteiger partial charge in [0, 0.05) is 44.5 Å². The monoisotopic (exact) mass is 587 g/mol. The molecule has 3 atom stereocenters. The van der Waals surface area contributed by atoms with E-state index in [-0.39, 0.29) is 37.6 Å². The van der Waals surface area contributed by atoms with Crippen molar-refractivity contribution in [1.82, 2.24) is 15.7 Å². The Hall–Kier alpha value is -3.86. The van der Waals surface area contributed by atoms with Gasteiger partial charge in [-0.25, -0.2) is 5.48 Å². The van der Waals surface area contributed by atoms with Gasteiger partial charge in [0.05, 0.1) is 18.8 Å². The zero-order valence-corrected chi connectivity index (χ0v) is 24.6. The minimum absolute atomic E-state index is 0.00160. The van der Waals surface area contributed by atoms with E-state index in [1.807, 2.05) is 79.9 Å². The van der Waals surface area contributed by atoms with E-state index in [1.54, 1.807) is 5.48 Å². The molecule has 0 aliphatic carbocycles. The van der Waals surface area contributed by atoms with Crippen molar-refractivity contribution in [2.75, 3.05) is 20.1 Å². The third-order valence-corrected chi connectivity index (χ3v) is 7.41. The fraction of sp³-hybridized carbons (Fsp3) is 0.353. The van der Waals surface area contributed by atoms with E-state index in [9.17, 15) is 14.7 Å². The summed E-state index contributed by atoms with van der Waals surface area (Å²) in [4.78, 5) is 25.5. The lowest BCUT2D eigenvalue weighted by molar-refractivity contribution is -0.252. The summed E-state index contributed by atoms with van der Waals surface area (Å²) in [7, 11) is 2.05. The molecule has 0 saturated carbocycles. The summed E-state index contributed by atoms with van der Waals surface area (Å²) in [6, 6.07) is 24.0. The van der Waals surface area contributed by atoms with Crippen LogP contribution in [0.1, 0.15) is 60.3 Å². The first-order valence-electron chi connectivity index (χ1n) is 14.6. The molecule has 1 aliphatic heterocycles. The number of aliphatic hydroxyl groups is 1. The van der Waals surface area contributed by atoms with E-state index < -0.39 is 12.2 Å². The summed E-state index contributed by atoms with van der Waals surface area (Å²) in [6.07, 6.45) is 2.45. The minimum Gasteiger partial charge on any atom is -0.392 e. The molecule has 0 bridgehead atoms. The van der Waals surface area contributed by atoms with Crippen molar-refractivity contribution >= 4 is 11.8 Å². The van der Waals surface area contributed by atoms with Gasteiger partial charge in [0.1, 0.15) is 0 Å². The predicted octanol–water partition coefficient (Wildman–Crippen LogP) is 4.80. The number of ether oxygens (including phenoxy) is 2. The van der Waals surface area contributed by atoms with Crippen molar-refractivity contribution in [2.24, 2.45) is 0 Å². The third-order valence-electron chi connectivity index (χ3n) is 7.41. The highest BCUT2D eigenvalue weighted by atomic mass is 16.7. The van der Waals surface area contributed by atoms with Gasteiger partial charge in [-0.1, -0.05) is 66.7 Å². The Bertz CT molecular complexity index is 1360. The molecule has 9 nitrogen and oxygen atoms in total. The van der Waals surface area contributed by atoms with Gasteiger partial charge in [-0.05, 0) is 53.4 Å². The summed E-state index contributed by atoms with van der Waals surface area (Å²) >= 11 is 0. The quantitative estimate of drug-likeness (QED) is 0.122. The molecule has 0 spiro atoms. The average Bonchev–Trinajstić information content (AvgIpc) is 3.04. The summed E-state index contributed by atoms with van der Waals surface area (Å²) < 4.78 is 13.0. The van der Waals surface area contributed by atoms with Gasteiger partial charge in [-0.3, -0.25) is 14.8 Å². The van der Waals surface area contributed by atoms with Crippen molar-refractivity contribution in [3.63, 3.8) is 0 Å². The van der Waals surface area contributed by atoms with E-state index in [1.165, 1.54) is 0 Å². The van der Waals surface area contributed by atoms with Crippen LogP contribution in [-0.4, -0.2) is 53.3 Å². The maximum atomic E-state index is 12.2. The Kier molecular flexibility index (Phi) is 12.0. The Labute approximate surface area is 253 Å². The van der Waals surface area contributed by atoms with Gasteiger partial charge < -0.3 is 24.8 Å². The highest BCUT2D eigenvalue weighted by molar-refractivity contribution is 5.78. The van der Waals surface area contributed by atoms with Crippen molar-refractivity contribution in [3.05, 3.63) is 108 Å². The molecule has 1 heterocycles. The first-order chi connectivity index (χ1) is 20.9. The molecule has 2 amide bonds. The van der Waals surface area contributed by atoms with Gasteiger partial charge in [0.2, 0.25) is 11.8 Å². The second-order valence-electron chi connectivity index (χ2n) is 10.9. The van der Waals surface area contributed by atoms with Gasteiger partial charge in [-0.15, -0.1) is 6.58 Å². The molecule has 4 rings (SSSR count). The van der Waals surface area contributed by atoms with E-state index in [4.69, 9.17) is 14.7 Å². The number of aliphatic hydroxyl groups excluding tert-OH is 1. The zero-order valence-electron chi connectivity index (χ0n) is 24.6. The molecule has 43 heavy (non-hydrogen) atoms. The molecule has 4 N–H and O–H groups in total. The SMILES string of the molecule is C=CCN(C)C[C@@H]1C[C@H](c2ccc(CO)cc2)O[C@H](c2cccc(-c3cccc(CNC(=O)CCCC(=O)NO)c3)c2)O1. The molecule has 0 aromatic heterocycles. The standard InChI is InChI=1S/C34H41N3O6/c1-3-17-37(2)22-30-20-31(26-15-13-24(23-38)14-16-26)43-34(42-30)29-10-5-9-28(19-29)27-8-4-7-25(18-27)21-35-32(39)11-6-12-33(40)36-41/h3-5,7-10,13-16,18-19,30-31,34,38,41H,1,6,11-12,17,20-23H2,2H3,(H,35,39)(H,36,40)/t30-,31+,34+/m0/s1. The first-order valence-corrected chi connectivity index (χ1v) is 14.6. The first kappa shape index (κ1) is 32.1. The van der Waals surface area contributed by atoms with Crippen LogP contribution in [0.15, 0.2) is 85.5 Å². The summed E-state index contributed by atoms with van der Waals surface area (Å²) in [5.41, 5.74) is 7.34. The number of likely N-dealkylation sites (N-methyl/N-ethyl adjacent to an activating group) is 1. The number of benzene rings is 3. The predicted molar refractivity (Wildman–Crippen MR) is 164 cm³/mol. The number of hydrogen-bond donors (Lipinski definition) is 4. The second kappa shape index (κ2) is 16.1. The number of hydrogen-bond acceptors (Lipinski definition) is 7. The van der Waals surface area contributed by atoms with Crippen LogP contribution < -0.4 is 10.8 Å². The van der Waals surface area contributed by atoms with Crippen LogP contribution in [0.4, 0.5) is 0 Å². The maximum absolute atomic E-state index is 12.2. The van der Waals surface area contributed by atoms with Crippen molar-refractivity contribution in [3.8, 4) is 11.1 Å². The molecule has 0 radical (unpaired) electrons. The smallest absolute Gasteiger partial charge is 0.243 e. The second-order valence-corrected chi connectivity index (χ2v) is 10.9. The van der Waals surface area contributed by atoms with Gasteiger partial charge in [-0.2, -0.15) is 0 Å². The number of hydroxylamine groups is 1. The Morgan fingerprint density at radius 1 is 0.953 bits per heavy atom. The van der Waals surface area contributed by atoms with Crippen LogP contribution in [0, 0.1) is 0 Å². The highest BCUT2D eigenvalue weighted by Crippen LogP contribution is 2.39. The summed E-state index contributed by atoms with van der Waals surface area (Å²) in [6.45, 7) is 5.71. The number of nitrogens with zero attached hydrogens (tertiary/aromatic N) is 1. The lowest BCUT2D eigenvalue weighted by Gasteiger charge is -2.37. The normalized spacial score (nSPS) is 18.3. The lowest BCUT2D eigenvalue weighted by atomic mass is 9.98. The van der Waals surface area contributed by atoms with Gasteiger partial charge in [0.25, 0.3) is 0 Å². The molecular weight excluding hydrogens is 546 g/mol. The number of carbonyl (C=O) groups excluding carboxylic acids is 2. The third kappa shape index (κ3) is 9.57. The van der Waals surface area contributed by atoms with Crippen LogP contribution >= 0.6 is 0 Å². The van der Waals surface area contributed by atoms with Gasteiger partial charge >= 0.3 is 0 Å². The maximum Gasteiger partial charge on any atom is 0.243 e. The summed E-state index contributed by atoms with van der Waals surface area (Å²) in [5, 5.41) is 20.9. The zero-order chi connectivity index (χ0) is 30.6. The molecule has 3 aromatic carbocycles. The largest absolute Gasteiger partial charge is 0.392 e.